The second kappa shape index (κ2) is 6.03. The molecule has 0 fully saturated rings. The van der Waals surface area contributed by atoms with Gasteiger partial charge in [0.2, 0.25) is 11.7 Å². The maximum Gasteiger partial charge on any atom is 0.261 e. The average Bonchev–Trinajstić information content (AvgIpc) is 2.84. The average molecular weight is 331 g/mol. The zero-order valence-electron chi connectivity index (χ0n) is 11.9. The first-order chi connectivity index (χ1) is 9.81. The van der Waals surface area contributed by atoms with Crippen molar-refractivity contribution in [2.24, 2.45) is 0 Å². The molecule has 0 bridgehead atoms. The highest BCUT2D eigenvalue weighted by atomic mass is 35.7. The molecule has 0 atom stereocenters. The number of aromatic nitrogens is 2. The van der Waals surface area contributed by atoms with Crippen molar-refractivity contribution in [3.8, 4) is 5.75 Å². The van der Waals surface area contributed by atoms with E-state index < -0.39 is 9.05 Å². The summed E-state index contributed by atoms with van der Waals surface area (Å²) in [4.78, 5) is 4.20. The van der Waals surface area contributed by atoms with E-state index in [1.54, 1.807) is 13.8 Å². The van der Waals surface area contributed by atoms with Gasteiger partial charge in [0.1, 0.15) is 5.75 Å². The predicted molar refractivity (Wildman–Crippen MR) is 77.0 cm³/mol. The Bertz CT molecular complexity index is 732. The summed E-state index contributed by atoms with van der Waals surface area (Å²) in [5.74, 6) is 1.58. The Hall–Kier alpha value is -1.60. The molecule has 1 aromatic carbocycles. The van der Waals surface area contributed by atoms with Crippen molar-refractivity contribution in [2.45, 2.75) is 38.7 Å². The molecule has 0 unspecified atom stereocenters. The molecule has 0 saturated heterocycles. The van der Waals surface area contributed by atoms with Crippen LogP contribution < -0.4 is 4.74 Å². The summed E-state index contributed by atoms with van der Waals surface area (Å²) in [6, 6.07) is 2.94. The number of hydrogen-bond acceptors (Lipinski definition) is 6. The lowest BCUT2D eigenvalue weighted by atomic mass is 10.1. The molecule has 1 heterocycles. The molecule has 6 nitrogen and oxygen atoms in total. The van der Waals surface area contributed by atoms with Gasteiger partial charge in [-0.1, -0.05) is 12.1 Å². The molecule has 0 radical (unpaired) electrons. The van der Waals surface area contributed by atoms with E-state index in [2.05, 4.69) is 10.1 Å². The molecule has 1 aromatic heterocycles. The van der Waals surface area contributed by atoms with Crippen molar-refractivity contribution in [1.82, 2.24) is 10.1 Å². The summed E-state index contributed by atoms with van der Waals surface area (Å²) in [6.45, 7) is 5.57. The fourth-order valence-electron chi connectivity index (χ4n) is 1.91. The van der Waals surface area contributed by atoms with Crippen LogP contribution in [0.15, 0.2) is 21.6 Å². The molecule has 114 valence electrons. The Morgan fingerprint density at radius 2 is 1.90 bits per heavy atom. The highest BCUT2D eigenvalue weighted by Crippen LogP contribution is 2.28. The Kier molecular flexibility index (Phi) is 4.53. The van der Waals surface area contributed by atoms with Crippen LogP contribution in [-0.2, 0) is 22.1 Å². The number of nitrogens with zero attached hydrogens (tertiary/aromatic N) is 2. The topological polar surface area (TPSA) is 82.3 Å². The van der Waals surface area contributed by atoms with Gasteiger partial charge in [-0.05, 0) is 37.1 Å². The van der Waals surface area contributed by atoms with E-state index in [0.717, 1.165) is 0 Å². The number of benzene rings is 1. The van der Waals surface area contributed by atoms with Gasteiger partial charge in [-0.2, -0.15) is 4.98 Å². The summed E-state index contributed by atoms with van der Waals surface area (Å²) >= 11 is 0. The lowest BCUT2D eigenvalue weighted by molar-refractivity contribution is 0.281. The molecular formula is C13H15ClN2O4S. The van der Waals surface area contributed by atoms with Gasteiger partial charge in [-0.25, -0.2) is 8.42 Å². The molecule has 8 heteroatoms. The smallest absolute Gasteiger partial charge is 0.261 e. The fraction of sp³-hybridized carbons (Fsp3) is 0.385. The Labute approximate surface area is 127 Å². The van der Waals surface area contributed by atoms with Gasteiger partial charge >= 0.3 is 0 Å². The Morgan fingerprint density at radius 3 is 2.38 bits per heavy atom. The normalized spacial score (nSPS) is 11.6. The summed E-state index contributed by atoms with van der Waals surface area (Å²) in [5, 5.41) is 3.79. The first-order valence-corrected chi connectivity index (χ1v) is 8.62. The van der Waals surface area contributed by atoms with Gasteiger partial charge in [0, 0.05) is 17.1 Å². The minimum absolute atomic E-state index is 0.0550. The van der Waals surface area contributed by atoms with Crippen molar-refractivity contribution >= 4 is 19.7 Å². The third-order valence-corrected chi connectivity index (χ3v) is 4.21. The van der Waals surface area contributed by atoms with Crippen LogP contribution >= 0.6 is 10.7 Å². The first-order valence-electron chi connectivity index (χ1n) is 6.31. The van der Waals surface area contributed by atoms with Crippen molar-refractivity contribution in [2.75, 3.05) is 0 Å². The van der Waals surface area contributed by atoms with Crippen LogP contribution in [-0.4, -0.2) is 18.6 Å². The molecular weight excluding hydrogens is 316 g/mol. The van der Waals surface area contributed by atoms with Crippen LogP contribution in [0.4, 0.5) is 0 Å². The van der Waals surface area contributed by atoms with Gasteiger partial charge < -0.3 is 9.26 Å². The van der Waals surface area contributed by atoms with Crippen molar-refractivity contribution in [1.29, 1.82) is 0 Å². The third kappa shape index (κ3) is 3.74. The largest absolute Gasteiger partial charge is 0.485 e. The second-order valence-corrected chi connectivity index (χ2v) is 7.14. The highest BCUT2D eigenvalue weighted by molar-refractivity contribution is 8.13. The molecule has 0 aliphatic heterocycles. The van der Waals surface area contributed by atoms with Crippen molar-refractivity contribution in [3.05, 3.63) is 35.0 Å². The number of ether oxygens (including phenoxy) is 1. The van der Waals surface area contributed by atoms with Crippen molar-refractivity contribution in [3.63, 3.8) is 0 Å². The fourth-order valence-corrected chi connectivity index (χ4v) is 2.81. The Morgan fingerprint density at radius 1 is 1.29 bits per heavy atom. The highest BCUT2D eigenvalue weighted by Gasteiger charge is 2.15. The maximum atomic E-state index is 11.4. The minimum atomic E-state index is -3.75. The molecule has 0 spiro atoms. The zero-order valence-corrected chi connectivity index (χ0v) is 13.5. The molecule has 0 aliphatic rings. The number of halogens is 1. The molecule has 0 aliphatic carbocycles. The molecule has 0 saturated carbocycles. The standard InChI is InChI=1S/C13H15ClN2O4S/c1-4-12-15-11(16-20-12)7-19-13-8(2)5-10(6-9(13)3)21(14,17)18/h5-6H,4,7H2,1-3H3. The quantitative estimate of drug-likeness (QED) is 0.784. The van der Waals surface area contributed by atoms with E-state index in [9.17, 15) is 8.42 Å². The van der Waals surface area contributed by atoms with E-state index in [4.69, 9.17) is 19.9 Å². The summed E-state index contributed by atoms with van der Waals surface area (Å²) in [6.07, 6.45) is 0.660. The lowest BCUT2D eigenvalue weighted by Gasteiger charge is -2.11. The monoisotopic (exact) mass is 330 g/mol. The van der Waals surface area contributed by atoms with Gasteiger partial charge in [0.25, 0.3) is 9.05 Å². The maximum absolute atomic E-state index is 11.4. The molecule has 2 aromatic rings. The zero-order chi connectivity index (χ0) is 15.6. The predicted octanol–water partition coefficient (Wildman–Crippen LogP) is 2.76. The van der Waals surface area contributed by atoms with Crippen LogP contribution in [0.5, 0.6) is 5.75 Å². The van der Waals surface area contributed by atoms with Crippen LogP contribution in [0.2, 0.25) is 0 Å². The summed E-state index contributed by atoms with van der Waals surface area (Å²) < 4.78 is 33.4. The van der Waals surface area contributed by atoms with Crippen LogP contribution in [0.25, 0.3) is 0 Å². The van der Waals surface area contributed by atoms with Crippen LogP contribution in [0.1, 0.15) is 29.8 Å². The van der Waals surface area contributed by atoms with Crippen molar-refractivity contribution < 1.29 is 17.7 Å². The van der Waals surface area contributed by atoms with E-state index in [0.29, 0.717) is 35.0 Å². The first kappa shape index (κ1) is 15.8. The SMILES string of the molecule is CCc1nc(COc2c(C)cc(S(=O)(=O)Cl)cc2C)no1. The van der Waals surface area contributed by atoms with Crippen LogP contribution in [0.3, 0.4) is 0 Å². The number of hydrogen-bond donors (Lipinski definition) is 0. The van der Waals surface area contributed by atoms with Gasteiger partial charge in [-0.15, -0.1) is 0 Å². The molecule has 0 N–H and O–H groups in total. The second-order valence-electron chi connectivity index (χ2n) is 4.57. The Balaban J connectivity index is 2.21. The minimum Gasteiger partial charge on any atom is -0.485 e. The summed E-state index contributed by atoms with van der Waals surface area (Å²) in [5.41, 5.74) is 1.35. The van der Waals surface area contributed by atoms with E-state index in [1.165, 1.54) is 12.1 Å². The third-order valence-electron chi connectivity index (χ3n) is 2.87. The van der Waals surface area contributed by atoms with Gasteiger partial charge in [-0.3, -0.25) is 0 Å². The number of rotatable bonds is 5. The molecule has 21 heavy (non-hydrogen) atoms. The van der Waals surface area contributed by atoms with Gasteiger partial charge in [0.05, 0.1) is 4.90 Å². The van der Waals surface area contributed by atoms with E-state index >= 15 is 0 Å². The lowest BCUT2D eigenvalue weighted by Crippen LogP contribution is -2.02. The molecule has 2 rings (SSSR count). The van der Waals surface area contributed by atoms with Gasteiger partial charge in [0.15, 0.2) is 6.61 Å². The van der Waals surface area contributed by atoms with E-state index in [-0.39, 0.29) is 11.5 Å². The molecule has 0 amide bonds. The van der Waals surface area contributed by atoms with E-state index in [1.807, 2.05) is 6.92 Å². The van der Waals surface area contributed by atoms with Crippen LogP contribution in [0, 0.1) is 13.8 Å². The number of aryl methyl sites for hydroxylation is 3. The summed E-state index contributed by atoms with van der Waals surface area (Å²) in [7, 11) is 1.59.